The Balaban J connectivity index is 2.67. The molecule has 4 nitrogen and oxygen atoms in total. The highest BCUT2D eigenvalue weighted by Gasteiger charge is 2.12. The van der Waals surface area contributed by atoms with Gasteiger partial charge in [0, 0.05) is 29.6 Å². The van der Waals surface area contributed by atoms with Crippen molar-refractivity contribution < 1.29 is 9.47 Å². The van der Waals surface area contributed by atoms with E-state index in [1.54, 1.807) is 14.2 Å². The van der Waals surface area contributed by atoms with E-state index in [4.69, 9.17) is 15.2 Å². The Hall–Kier alpha value is -1.81. The third kappa shape index (κ3) is 2.49. The van der Waals surface area contributed by atoms with Crippen molar-refractivity contribution in [3.8, 4) is 11.5 Å². The molecule has 102 valence electrons. The van der Waals surface area contributed by atoms with Gasteiger partial charge in [0.2, 0.25) is 0 Å². The molecular weight excluding hydrogens is 240 g/mol. The third-order valence-corrected chi connectivity index (χ3v) is 3.40. The molecule has 2 N–H and O–H groups in total. The van der Waals surface area contributed by atoms with Crippen LogP contribution >= 0.6 is 0 Å². The highest BCUT2D eigenvalue weighted by atomic mass is 16.5. The van der Waals surface area contributed by atoms with Crippen molar-refractivity contribution in [1.29, 1.82) is 0 Å². The highest BCUT2D eigenvalue weighted by molar-refractivity contribution is 5.85. The number of pyridine rings is 1. The second kappa shape index (κ2) is 5.45. The first kappa shape index (κ1) is 13.6. The molecule has 0 fully saturated rings. The van der Waals surface area contributed by atoms with Crippen LogP contribution in [-0.4, -0.2) is 25.7 Å². The average molecular weight is 260 g/mol. The van der Waals surface area contributed by atoms with Gasteiger partial charge in [-0.05, 0) is 24.6 Å². The smallest absolute Gasteiger partial charge is 0.162 e. The number of benzene rings is 1. The van der Waals surface area contributed by atoms with E-state index in [9.17, 15) is 0 Å². The lowest BCUT2D eigenvalue weighted by atomic mass is 10.0. The monoisotopic (exact) mass is 260 g/mol. The Morgan fingerprint density at radius 2 is 1.79 bits per heavy atom. The summed E-state index contributed by atoms with van der Waals surface area (Å²) in [6, 6.07) is 5.97. The highest BCUT2D eigenvalue weighted by Crippen LogP contribution is 2.33. The quantitative estimate of drug-likeness (QED) is 0.918. The number of aryl methyl sites for hydroxylation is 1. The minimum atomic E-state index is 0.246. The minimum Gasteiger partial charge on any atom is -0.493 e. The summed E-state index contributed by atoms with van der Waals surface area (Å²) < 4.78 is 10.6. The number of methoxy groups -OCH3 is 2. The van der Waals surface area contributed by atoms with Crippen LogP contribution in [0.3, 0.4) is 0 Å². The summed E-state index contributed by atoms with van der Waals surface area (Å²) in [7, 11) is 3.26. The molecule has 2 aromatic rings. The number of rotatable bonds is 4. The minimum absolute atomic E-state index is 0.246. The summed E-state index contributed by atoms with van der Waals surface area (Å²) >= 11 is 0. The van der Waals surface area contributed by atoms with Crippen molar-refractivity contribution in [3.63, 3.8) is 0 Å². The van der Waals surface area contributed by atoms with Gasteiger partial charge in [-0.3, -0.25) is 4.98 Å². The maximum Gasteiger partial charge on any atom is 0.162 e. The molecule has 4 heteroatoms. The lowest BCUT2D eigenvalue weighted by Gasteiger charge is -2.14. The van der Waals surface area contributed by atoms with Gasteiger partial charge in [-0.25, -0.2) is 0 Å². The van der Waals surface area contributed by atoms with Crippen molar-refractivity contribution in [3.05, 3.63) is 29.5 Å². The summed E-state index contributed by atoms with van der Waals surface area (Å²) in [4.78, 5) is 4.68. The second-order valence-electron chi connectivity index (χ2n) is 4.73. The average Bonchev–Trinajstić information content (AvgIpc) is 2.44. The van der Waals surface area contributed by atoms with Crippen LogP contribution in [-0.2, 0) is 0 Å². The largest absolute Gasteiger partial charge is 0.493 e. The molecule has 0 aliphatic carbocycles. The molecule has 0 amide bonds. The number of aromatic nitrogens is 1. The molecule has 1 unspecified atom stereocenters. The molecule has 0 saturated carbocycles. The molecule has 1 aromatic heterocycles. The maximum absolute atomic E-state index is 5.72. The molecule has 0 radical (unpaired) electrons. The zero-order valence-corrected chi connectivity index (χ0v) is 11.9. The van der Waals surface area contributed by atoms with Crippen LogP contribution in [0.1, 0.15) is 24.1 Å². The van der Waals surface area contributed by atoms with Crippen LogP contribution < -0.4 is 15.2 Å². The first-order valence-electron chi connectivity index (χ1n) is 6.34. The first-order chi connectivity index (χ1) is 9.10. The molecule has 1 atom stereocenters. The van der Waals surface area contributed by atoms with E-state index in [1.165, 1.54) is 5.56 Å². The van der Waals surface area contributed by atoms with Crippen LogP contribution in [0.5, 0.6) is 11.5 Å². The number of fused-ring (bicyclic) bond motifs is 1. The molecule has 0 bridgehead atoms. The number of nitrogens with two attached hydrogens (primary N) is 1. The van der Waals surface area contributed by atoms with Gasteiger partial charge in [0.15, 0.2) is 11.5 Å². The van der Waals surface area contributed by atoms with Crippen LogP contribution in [0.15, 0.2) is 18.2 Å². The van der Waals surface area contributed by atoms with E-state index in [1.807, 2.05) is 12.1 Å². The van der Waals surface area contributed by atoms with Crippen molar-refractivity contribution in [2.75, 3.05) is 20.8 Å². The van der Waals surface area contributed by atoms with E-state index in [0.29, 0.717) is 12.3 Å². The molecule has 1 aromatic carbocycles. The maximum atomic E-state index is 5.72. The van der Waals surface area contributed by atoms with Crippen molar-refractivity contribution >= 4 is 10.9 Å². The van der Waals surface area contributed by atoms with Gasteiger partial charge < -0.3 is 15.2 Å². The van der Waals surface area contributed by atoms with E-state index >= 15 is 0 Å². The summed E-state index contributed by atoms with van der Waals surface area (Å²) in [6.07, 6.45) is 0. The number of hydrogen-bond acceptors (Lipinski definition) is 4. The van der Waals surface area contributed by atoms with Gasteiger partial charge in [0.05, 0.1) is 19.7 Å². The zero-order valence-electron chi connectivity index (χ0n) is 11.9. The Kier molecular flexibility index (Phi) is 3.90. The number of nitrogens with zero attached hydrogens (tertiary/aromatic N) is 1. The topological polar surface area (TPSA) is 57.4 Å². The Labute approximate surface area is 113 Å². The predicted molar refractivity (Wildman–Crippen MR) is 77.1 cm³/mol. The molecule has 19 heavy (non-hydrogen) atoms. The van der Waals surface area contributed by atoms with Crippen LogP contribution in [0.25, 0.3) is 10.9 Å². The standard InChI is InChI=1S/C15H20N2O2/c1-9-5-12(10(2)8-16)17-13-7-15(19-4)14(18-3)6-11(9)13/h5-7,10H,8,16H2,1-4H3. The Morgan fingerprint density at radius 1 is 1.16 bits per heavy atom. The molecule has 2 rings (SSSR count). The van der Waals surface area contributed by atoms with Crippen LogP contribution in [0, 0.1) is 6.92 Å². The van der Waals surface area contributed by atoms with Gasteiger partial charge in [-0.15, -0.1) is 0 Å². The molecule has 0 spiro atoms. The van der Waals surface area contributed by atoms with Gasteiger partial charge in [-0.1, -0.05) is 6.92 Å². The number of ether oxygens (including phenoxy) is 2. The Bertz CT molecular complexity index is 596. The van der Waals surface area contributed by atoms with E-state index < -0.39 is 0 Å². The summed E-state index contributed by atoms with van der Waals surface area (Å²) in [5.74, 6) is 1.66. The Morgan fingerprint density at radius 3 is 2.37 bits per heavy atom. The lowest BCUT2D eigenvalue weighted by Crippen LogP contribution is -2.10. The molecule has 0 saturated heterocycles. The zero-order chi connectivity index (χ0) is 14.0. The van der Waals surface area contributed by atoms with E-state index in [-0.39, 0.29) is 5.92 Å². The summed E-state index contributed by atoms with van der Waals surface area (Å²) in [5.41, 5.74) is 8.81. The van der Waals surface area contributed by atoms with Gasteiger partial charge in [-0.2, -0.15) is 0 Å². The van der Waals surface area contributed by atoms with Crippen molar-refractivity contribution in [2.24, 2.45) is 5.73 Å². The second-order valence-corrected chi connectivity index (χ2v) is 4.73. The molecule has 0 aliphatic heterocycles. The fraction of sp³-hybridized carbons (Fsp3) is 0.400. The van der Waals surface area contributed by atoms with Gasteiger partial charge >= 0.3 is 0 Å². The molecule has 0 aliphatic rings. The SMILES string of the molecule is COc1cc2nc(C(C)CN)cc(C)c2cc1OC. The molecule has 1 heterocycles. The van der Waals surface area contributed by atoms with Crippen molar-refractivity contribution in [1.82, 2.24) is 4.98 Å². The van der Waals surface area contributed by atoms with E-state index in [0.717, 1.165) is 22.3 Å². The van der Waals surface area contributed by atoms with E-state index in [2.05, 4.69) is 24.9 Å². The first-order valence-corrected chi connectivity index (χ1v) is 6.34. The van der Waals surface area contributed by atoms with Gasteiger partial charge in [0.1, 0.15) is 0 Å². The predicted octanol–water partition coefficient (Wildman–Crippen LogP) is 2.62. The summed E-state index contributed by atoms with van der Waals surface area (Å²) in [5, 5.41) is 1.07. The van der Waals surface area contributed by atoms with Crippen LogP contribution in [0.4, 0.5) is 0 Å². The van der Waals surface area contributed by atoms with Gasteiger partial charge in [0.25, 0.3) is 0 Å². The third-order valence-electron chi connectivity index (χ3n) is 3.40. The summed E-state index contributed by atoms with van der Waals surface area (Å²) in [6.45, 7) is 4.74. The lowest BCUT2D eigenvalue weighted by molar-refractivity contribution is 0.355. The molecular formula is C15H20N2O2. The van der Waals surface area contributed by atoms with Crippen LogP contribution in [0.2, 0.25) is 0 Å². The fourth-order valence-corrected chi connectivity index (χ4v) is 2.12. The number of hydrogen-bond donors (Lipinski definition) is 1. The normalized spacial score (nSPS) is 12.5. The van der Waals surface area contributed by atoms with Crippen molar-refractivity contribution in [2.45, 2.75) is 19.8 Å². The fourth-order valence-electron chi connectivity index (χ4n) is 2.12.